The van der Waals surface area contributed by atoms with Gasteiger partial charge in [-0.3, -0.25) is 0 Å². The molecule has 8 heteroatoms. The van der Waals surface area contributed by atoms with E-state index in [1.807, 2.05) is 97.9 Å². The van der Waals surface area contributed by atoms with Crippen LogP contribution in [0.15, 0.2) is 144 Å². The first-order chi connectivity index (χ1) is 23.2. The number of sulfonamides is 1. The van der Waals surface area contributed by atoms with Gasteiger partial charge < -0.3 is 14.6 Å². The minimum Gasteiger partial charge on any atom is -0.465 e. The molecule has 1 heterocycles. The second-order valence-corrected chi connectivity index (χ2v) is 14.1. The molecule has 3 atom stereocenters. The van der Waals surface area contributed by atoms with Crippen molar-refractivity contribution in [3.05, 3.63) is 173 Å². The Bertz CT molecular complexity index is 1820. The van der Waals surface area contributed by atoms with Crippen LogP contribution in [-0.2, 0) is 25.1 Å². The molecular weight excluding hydrogens is 623 g/mol. The fourth-order valence-corrected chi connectivity index (χ4v) is 8.27. The van der Waals surface area contributed by atoms with Gasteiger partial charge >= 0.3 is 5.97 Å². The third-order valence-corrected chi connectivity index (χ3v) is 11.0. The molecule has 0 bridgehead atoms. The first-order valence-corrected chi connectivity index (χ1v) is 17.4. The van der Waals surface area contributed by atoms with Crippen molar-refractivity contribution in [1.29, 1.82) is 0 Å². The highest BCUT2D eigenvalue weighted by Crippen LogP contribution is 2.43. The number of rotatable bonds is 10. The van der Waals surface area contributed by atoms with Crippen molar-refractivity contribution in [2.24, 2.45) is 5.92 Å². The van der Waals surface area contributed by atoms with Crippen molar-refractivity contribution >= 4 is 16.0 Å². The summed E-state index contributed by atoms with van der Waals surface area (Å²) >= 11 is 0. The Hall–Kier alpha value is -4.60. The SMILES string of the molecule is COC(=O)c1ccc(C2C(O)CN(S(=O)(=O)c3ccc(C)cc3)CC2COC(c2ccccc2)(c2ccccc2)c2ccccc2)cc1. The van der Waals surface area contributed by atoms with E-state index in [0.29, 0.717) is 5.56 Å². The molecule has 1 N–H and O–H groups in total. The smallest absolute Gasteiger partial charge is 0.337 e. The number of carbonyl (C=O) groups excluding carboxylic acids is 1. The Labute approximate surface area is 282 Å². The number of aliphatic hydroxyl groups excluding tert-OH is 1. The maximum atomic E-state index is 14.0. The number of benzene rings is 5. The van der Waals surface area contributed by atoms with Crippen molar-refractivity contribution in [3.8, 4) is 0 Å². The first kappa shape index (κ1) is 33.3. The molecule has 5 aromatic rings. The molecule has 0 amide bonds. The van der Waals surface area contributed by atoms with E-state index in [9.17, 15) is 18.3 Å². The fourth-order valence-electron chi connectivity index (χ4n) is 6.75. The number of ether oxygens (including phenoxy) is 2. The standard InChI is InChI=1S/C40H39NO6S/c1-29-18-24-36(25-19-29)48(44,45)41-26-32(38(37(42)27-41)30-20-22-31(23-21-30)39(43)46-2)28-47-40(33-12-6-3-7-13-33,34-14-8-4-9-15-34)35-16-10-5-11-17-35/h3-25,32,37-38,42H,26-28H2,1-2H3. The molecule has 1 saturated heterocycles. The first-order valence-electron chi connectivity index (χ1n) is 16.0. The fraction of sp³-hybridized carbons (Fsp3) is 0.225. The van der Waals surface area contributed by atoms with E-state index < -0.39 is 39.5 Å². The van der Waals surface area contributed by atoms with Gasteiger partial charge in [0.15, 0.2) is 0 Å². The average molecular weight is 662 g/mol. The van der Waals surface area contributed by atoms with Crippen molar-refractivity contribution < 1.29 is 27.8 Å². The molecule has 7 nitrogen and oxygen atoms in total. The molecule has 1 aliphatic heterocycles. The van der Waals surface area contributed by atoms with Gasteiger partial charge in [-0.2, -0.15) is 4.31 Å². The lowest BCUT2D eigenvalue weighted by Crippen LogP contribution is -2.52. The molecule has 0 aliphatic carbocycles. The van der Waals surface area contributed by atoms with Crippen LogP contribution in [0.2, 0.25) is 0 Å². The quantitative estimate of drug-likeness (QED) is 0.135. The number of hydrogen-bond acceptors (Lipinski definition) is 6. The van der Waals surface area contributed by atoms with Crippen LogP contribution in [0.4, 0.5) is 0 Å². The van der Waals surface area contributed by atoms with Crippen LogP contribution in [0.3, 0.4) is 0 Å². The van der Waals surface area contributed by atoms with Gasteiger partial charge in [-0.1, -0.05) is 121 Å². The molecule has 5 aromatic carbocycles. The molecular formula is C40H39NO6S. The highest BCUT2D eigenvalue weighted by Gasteiger charge is 2.44. The van der Waals surface area contributed by atoms with Crippen LogP contribution in [-0.4, -0.2) is 56.7 Å². The summed E-state index contributed by atoms with van der Waals surface area (Å²) in [5.74, 6) is -1.41. The Morgan fingerprint density at radius 2 is 1.25 bits per heavy atom. The lowest BCUT2D eigenvalue weighted by Gasteiger charge is -2.43. The van der Waals surface area contributed by atoms with Gasteiger partial charge in [0.2, 0.25) is 10.0 Å². The van der Waals surface area contributed by atoms with Gasteiger partial charge in [0.1, 0.15) is 5.60 Å². The highest BCUT2D eigenvalue weighted by atomic mass is 32.2. The van der Waals surface area contributed by atoms with Crippen molar-refractivity contribution in [3.63, 3.8) is 0 Å². The van der Waals surface area contributed by atoms with Crippen molar-refractivity contribution in [1.82, 2.24) is 4.31 Å². The molecule has 0 aromatic heterocycles. The number of nitrogens with zero attached hydrogens (tertiary/aromatic N) is 1. The average Bonchev–Trinajstić information content (AvgIpc) is 3.13. The third-order valence-electron chi connectivity index (χ3n) is 9.18. The molecule has 0 spiro atoms. The topological polar surface area (TPSA) is 93.1 Å². The van der Waals surface area contributed by atoms with E-state index in [-0.39, 0.29) is 24.6 Å². The largest absolute Gasteiger partial charge is 0.465 e. The van der Waals surface area contributed by atoms with E-state index in [1.165, 1.54) is 11.4 Å². The number of piperidine rings is 1. The summed E-state index contributed by atoms with van der Waals surface area (Å²) in [5, 5.41) is 11.8. The van der Waals surface area contributed by atoms with Gasteiger partial charge in [-0.15, -0.1) is 0 Å². The number of hydrogen-bond donors (Lipinski definition) is 1. The van der Waals surface area contributed by atoms with E-state index in [0.717, 1.165) is 27.8 Å². The zero-order chi connectivity index (χ0) is 33.7. The maximum Gasteiger partial charge on any atom is 0.337 e. The summed E-state index contributed by atoms with van der Waals surface area (Å²) in [5.41, 5.74) is 3.84. The van der Waals surface area contributed by atoms with E-state index >= 15 is 0 Å². The van der Waals surface area contributed by atoms with Gasteiger partial charge in [0, 0.05) is 24.9 Å². The van der Waals surface area contributed by atoms with E-state index in [1.54, 1.807) is 48.5 Å². The van der Waals surface area contributed by atoms with Crippen LogP contribution >= 0.6 is 0 Å². The van der Waals surface area contributed by atoms with Crippen molar-refractivity contribution in [2.45, 2.75) is 29.4 Å². The molecule has 48 heavy (non-hydrogen) atoms. The van der Waals surface area contributed by atoms with Crippen LogP contribution in [0, 0.1) is 12.8 Å². The summed E-state index contributed by atoms with van der Waals surface area (Å²) in [6.45, 7) is 2.05. The third kappa shape index (κ3) is 6.57. The minimum atomic E-state index is -3.93. The molecule has 246 valence electrons. The normalized spacial score (nSPS) is 18.7. The summed E-state index contributed by atoms with van der Waals surface area (Å²) < 4.78 is 41.4. The Morgan fingerprint density at radius 3 is 1.73 bits per heavy atom. The molecule has 0 radical (unpaired) electrons. The van der Waals surface area contributed by atoms with Gasteiger partial charge in [0.25, 0.3) is 0 Å². The predicted molar refractivity (Wildman–Crippen MR) is 185 cm³/mol. The van der Waals surface area contributed by atoms with Crippen molar-refractivity contribution in [2.75, 3.05) is 26.8 Å². The zero-order valence-electron chi connectivity index (χ0n) is 27.0. The van der Waals surface area contributed by atoms with Gasteiger partial charge in [0.05, 0.1) is 30.3 Å². The van der Waals surface area contributed by atoms with Crippen LogP contribution in [0.5, 0.6) is 0 Å². The lowest BCUT2D eigenvalue weighted by atomic mass is 9.78. The Balaban J connectivity index is 1.44. The summed E-state index contributed by atoms with van der Waals surface area (Å²) in [4.78, 5) is 12.4. The number of carbonyl (C=O) groups is 1. The van der Waals surface area contributed by atoms with E-state index in [4.69, 9.17) is 9.47 Å². The van der Waals surface area contributed by atoms with Crippen LogP contribution in [0.25, 0.3) is 0 Å². The number of esters is 1. The maximum absolute atomic E-state index is 14.0. The van der Waals surface area contributed by atoms with Crippen LogP contribution in [0.1, 0.15) is 44.1 Å². The van der Waals surface area contributed by atoms with Gasteiger partial charge in [-0.05, 0) is 53.4 Å². The molecule has 1 fully saturated rings. The summed E-state index contributed by atoms with van der Waals surface area (Å²) in [6, 6.07) is 43.6. The minimum absolute atomic E-state index is 0.0860. The Kier molecular flexibility index (Phi) is 9.89. The number of aliphatic hydroxyl groups is 1. The summed E-state index contributed by atoms with van der Waals surface area (Å²) in [7, 11) is -2.60. The molecule has 0 saturated carbocycles. The second kappa shape index (κ2) is 14.3. The summed E-state index contributed by atoms with van der Waals surface area (Å²) in [6.07, 6.45) is -1.05. The van der Waals surface area contributed by atoms with Crippen LogP contribution < -0.4 is 0 Å². The van der Waals surface area contributed by atoms with Gasteiger partial charge in [-0.25, -0.2) is 13.2 Å². The zero-order valence-corrected chi connectivity index (χ0v) is 27.8. The monoisotopic (exact) mass is 661 g/mol. The molecule has 3 unspecified atom stereocenters. The molecule has 1 aliphatic rings. The molecule has 6 rings (SSSR count). The number of methoxy groups -OCH3 is 1. The second-order valence-electron chi connectivity index (χ2n) is 12.2. The number of aryl methyl sites for hydroxylation is 1. The lowest BCUT2D eigenvalue weighted by molar-refractivity contribution is -0.0431. The van der Waals surface area contributed by atoms with E-state index in [2.05, 4.69) is 0 Å². The Morgan fingerprint density at radius 1 is 0.750 bits per heavy atom. The predicted octanol–water partition coefficient (Wildman–Crippen LogP) is 6.56. The number of β-amino-alcohol motifs (C(OH)–C–C–N with tert-alkyl or cyclic N) is 1. The highest BCUT2D eigenvalue weighted by molar-refractivity contribution is 7.89.